The zero-order valence-corrected chi connectivity index (χ0v) is 26.2. The van der Waals surface area contributed by atoms with Gasteiger partial charge in [0.2, 0.25) is 0 Å². The quantitative estimate of drug-likeness (QED) is 0.144. The van der Waals surface area contributed by atoms with Gasteiger partial charge in [-0.05, 0) is 99.0 Å². The molecule has 3 fully saturated rings. The highest BCUT2D eigenvalue weighted by atomic mass is 16.3. The topological polar surface area (TPSA) is 80.9 Å². The van der Waals surface area contributed by atoms with E-state index in [2.05, 4.69) is 32.6 Å². The number of unbranched alkanes of at least 4 members (excludes halogenated alkanes) is 7. The Kier molecular flexibility index (Phi) is 13.5. The largest absolute Gasteiger partial charge is 0.396 e. The first-order valence-corrected chi connectivity index (χ1v) is 16.9. The molecular formula is C36H62O4. The summed E-state index contributed by atoms with van der Waals surface area (Å²) in [4.78, 5) is 0. The molecule has 0 saturated heterocycles. The molecule has 0 aromatic heterocycles. The van der Waals surface area contributed by atoms with Gasteiger partial charge >= 0.3 is 0 Å². The summed E-state index contributed by atoms with van der Waals surface area (Å²) in [6, 6.07) is 0. The van der Waals surface area contributed by atoms with Crippen molar-refractivity contribution in [2.24, 2.45) is 23.2 Å². The van der Waals surface area contributed by atoms with E-state index in [4.69, 9.17) is 5.11 Å². The lowest BCUT2D eigenvalue weighted by molar-refractivity contribution is 0.0324. The number of allylic oxidation sites excluding steroid dienone is 3. The number of aliphatic hydroxyl groups is 4. The SMILES string of the molecule is C=C1C(=CC=C2CCC[C@]3(C)[C@@H]([C@H](C)CCCC(C)(O)CCCCCCCCCCO)CC[C@@H]23)C[C@H](O)C[C@H]1O. The van der Waals surface area contributed by atoms with Crippen LogP contribution < -0.4 is 0 Å². The molecule has 4 heteroatoms. The normalized spacial score (nSPS) is 33.3. The van der Waals surface area contributed by atoms with Crippen LogP contribution in [0.3, 0.4) is 0 Å². The van der Waals surface area contributed by atoms with Gasteiger partial charge in [-0.25, -0.2) is 0 Å². The summed E-state index contributed by atoms with van der Waals surface area (Å²) in [5, 5.41) is 40.2. The standard InChI is InChI=1S/C36H62O4/c1-27(15-13-22-35(3,40)21-11-9-7-5-6-8-10-12-24-37)32-19-20-33-29(16-14-23-36(32,33)4)17-18-30-25-31(38)26-34(39)28(30)2/h17-18,27,31-34,37-40H,2,5-16,19-26H2,1,3-4H3/t27-,31+,32-,33+,34-,35?,36-/m1/s1. The van der Waals surface area contributed by atoms with E-state index in [-0.39, 0.29) is 0 Å². The van der Waals surface area contributed by atoms with Gasteiger partial charge < -0.3 is 20.4 Å². The first-order chi connectivity index (χ1) is 19.1. The van der Waals surface area contributed by atoms with Crippen molar-refractivity contribution in [3.05, 3.63) is 35.5 Å². The summed E-state index contributed by atoms with van der Waals surface area (Å²) >= 11 is 0. The van der Waals surface area contributed by atoms with Crippen molar-refractivity contribution in [2.45, 2.75) is 161 Å². The monoisotopic (exact) mass is 558 g/mol. The molecule has 0 spiro atoms. The molecule has 230 valence electrons. The third-order valence-corrected chi connectivity index (χ3v) is 11.0. The Balaban J connectivity index is 1.43. The van der Waals surface area contributed by atoms with Crippen LogP contribution in [-0.4, -0.2) is 44.8 Å². The van der Waals surface area contributed by atoms with E-state index in [1.165, 1.54) is 64.2 Å². The Labute approximate surface area is 246 Å². The molecule has 0 aromatic rings. The highest BCUT2D eigenvalue weighted by molar-refractivity contribution is 5.38. The number of aliphatic hydroxyl groups excluding tert-OH is 3. The molecule has 3 aliphatic carbocycles. The van der Waals surface area contributed by atoms with Crippen LogP contribution in [-0.2, 0) is 0 Å². The van der Waals surface area contributed by atoms with Crippen LogP contribution >= 0.6 is 0 Å². The molecule has 1 unspecified atom stereocenters. The van der Waals surface area contributed by atoms with Crippen LogP contribution in [0, 0.1) is 23.2 Å². The van der Waals surface area contributed by atoms with Gasteiger partial charge in [-0.3, -0.25) is 0 Å². The zero-order chi connectivity index (χ0) is 29.2. The fourth-order valence-corrected chi connectivity index (χ4v) is 8.49. The molecule has 0 amide bonds. The van der Waals surface area contributed by atoms with Crippen molar-refractivity contribution in [2.75, 3.05) is 6.61 Å². The Morgan fingerprint density at radius 2 is 1.62 bits per heavy atom. The summed E-state index contributed by atoms with van der Waals surface area (Å²) in [5.74, 6) is 2.05. The van der Waals surface area contributed by atoms with Crippen molar-refractivity contribution in [3.63, 3.8) is 0 Å². The second-order valence-corrected chi connectivity index (χ2v) is 14.3. The minimum atomic E-state index is -0.624. The van der Waals surface area contributed by atoms with Gasteiger partial charge in [0.05, 0.1) is 17.8 Å². The van der Waals surface area contributed by atoms with Crippen molar-refractivity contribution < 1.29 is 20.4 Å². The van der Waals surface area contributed by atoms with Gasteiger partial charge in [0, 0.05) is 13.0 Å². The van der Waals surface area contributed by atoms with Crippen LogP contribution in [0.15, 0.2) is 35.5 Å². The highest BCUT2D eigenvalue weighted by Crippen LogP contribution is 2.60. The molecule has 40 heavy (non-hydrogen) atoms. The molecule has 0 aliphatic heterocycles. The van der Waals surface area contributed by atoms with E-state index in [0.717, 1.165) is 62.0 Å². The first-order valence-electron chi connectivity index (χ1n) is 16.9. The summed E-state index contributed by atoms with van der Waals surface area (Å²) in [6.45, 7) is 11.5. The van der Waals surface area contributed by atoms with E-state index >= 15 is 0 Å². The van der Waals surface area contributed by atoms with Crippen LogP contribution in [0.25, 0.3) is 0 Å². The maximum Gasteiger partial charge on any atom is 0.0811 e. The molecule has 4 N–H and O–H groups in total. The molecule has 3 saturated carbocycles. The van der Waals surface area contributed by atoms with E-state index in [0.29, 0.717) is 36.7 Å². The second-order valence-electron chi connectivity index (χ2n) is 14.3. The molecule has 3 rings (SSSR count). The third-order valence-electron chi connectivity index (χ3n) is 11.0. The van der Waals surface area contributed by atoms with Gasteiger partial charge in [0.1, 0.15) is 0 Å². The van der Waals surface area contributed by atoms with Gasteiger partial charge in [0.15, 0.2) is 0 Å². The van der Waals surface area contributed by atoms with Gasteiger partial charge in [-0.2, -0.15) is 0 Å². The molecule has 3 aliphatic rings. The van der Waals surface area contributed by atoms with Crippen LogP contribution in [0.1, 0.15) is 143 Å². The van der Waals surface area contributed by atoms with Crippen molar-refractivity contribution in [3.8, 4) is 0 Å². The lowest BCUT2D eigenvalue weighted by Crippen LogP contribution is -2.36. The molecule has 0 aromatic carbocycles. The van der Waals surface area contributed by atoms with Gasteiger partial charge in [-0.1, -0.05) is 95.9 Å². The Morgan fingerprint density at radius 1 is 0.975 bits per heavy atom. The number of hydrogen-bond donors (Lipinski definition) is 4. The second kappa shape index (κ2) is 16.1. The molecule has 0 bridgehead atoms. The summed E-state index contributed by atoms with van der Waals surface area (Å²) < 4.78 is 0. The Hall–Kier alpha value is -0.940. The van der Waals surface area contributed by atoms with Gasteiger partial charge in [0.25, 0.3) is 0 Å². The maximum atomic E-state index is 11.0. The number of rotatable bonds is 16. The van der Waals surface area contributed by atoms with Gasteiger partial charge in [-0.15, -0.1) is 0 Å². The molecule has 7 atom stereocenters. The van der Waals surface area contributed by atoms with E-state index in [1.807, 2.05) is 6.92 Å². The van der Waals surface area contributed by atoms with Crippen molar-refractivity contribution in [1.29, 1.82) is 0 Å². The molecule has 4 nitrogen and oxygen atoms in total. The third kappa shape index (κ3) is 9.54. The predicted octanol–water partition coefficient (Wildman–Crippen LogP) is 8.19. The average Bonchev–Trinajstić information content (AvgIpc) is 3.26. The average molecular weight is 559 g/mol. The van der Waals surface area contributed by atoms with Crippen LogP contribution in [0.4, 0.5) is 0 Å². The summed E-state index contributed by atoms with van der Waals surface area (Å²) in [5.41, 5.74) is 3.16. The number of fused-ring (bicyclic) bond motifs is 1. The highest BCUT2D eigenvalue weighted by Gasteiger charge is 2.50. The molecule has 0 radical (unpaired) electrons. The minimum Gasteiger partial charge on any atom is -0.396 e. The predicted molar refractivity (Wildman–Crippen MR) is 167 cm³/mol. The Bertz CT molecular complexity index is 842. The molecular weight excluding hydrogens is 496 g/mol. The first kappa shape index (κ1) is 33.6. The zero-order valence-electron chi connectivity index (χ0n) is 26.2. The van der Waals surface area contributed by atoms with Crippen molar-refractivity contribution in [1.82, 2.24) is 0 Å². The smallest absolute Gasteiger partial charge is 0.0811 e. The summed E-state index contributed by atoms with van der Waals surface area (Å²) in [6.07, 6.45) is 24.3. The van der Waals surface area contributed by atoms with Crippen LogP contribution in [0.5, 0.6) is 0 Å². The fourth-order valence-electron chi connectivity index (χ4n) is 8.49. The van der Waals surface area contributed by atoms with E-state index in [9.17, 15) is 15.3 Å². The summed E-state index contributed by atoms with van der Waals surface area (Å²) in [7, 11) is 0. The van der Waals surface area contributed by atoms with Crippen molar-refractivity contribution >= 4 is 0 Å². The minimum absolute atomic E-state index is 0.322. The van der Waals surface area contributed by atoms with E-state index in [1.54, 1.807) is 5.57 Å². The van der Waals surface area contributed by atoms with E-state index < -0.39 is 17.8 Å². The fraction of sp³-hybridized carbons (Fsp3) is 0.833. The molecule has 0 heterocycles. The maximum absolute atomic E-state index is 11.0. The lowest BCUT2D eigenvalue weighted by atomic mass is 9.60. The Morgan fingerprint density at radius 3 is 2.33 bits per heavy atom. The van der Waals surface area contributed by atoms with Crippen LogP contribution in [0.2, 0.25) is 0 Å². The number of hydrogen-bond acceptors (Lipinski definition) is 4. The lowest BCUT2D eigenvalue weighted by Gasteiger charge is -2.44.